The molecule has 0 bridgehead atoms. The topological polar surface area (TPSA) is 79.1 Å². The van der Waals surface area contributed by atoms with E-state index in [1.54, 1.807) is 25.5 Å². The van der Waals surface area contributed by atoms with Crippen LogP contribution in [0.3, 0.4) is 0 Å². The normalized spacial score (nSPS) is 14.9. The first kappa shape index (κ1) is 26.2. The molecular weight excluding hydrogens is 512 g/mol. The second-order valence-electron chi connectivity index (χ2n) is 8.89. The van der Waals surface area contributed by atoms with Gasteiger partial charge in [-0.05, 0) is 49.2 Å². The molecule has 1 aromatic heterocycles. The standard InChI is InChI=1S/C31H28N2O5S/c1-4-37-30(35)27-20(2)32-31-33(28(27)22-14-16-24(36-3)17-15-22)29(34)26(39-31)18-23-12-8-9-13-25(23)38-19-21-10-6-5-7-11-21/h5-18,28H,4,19H2,1-3H3/b26-18-/t28-/m0/s1. The number of rotatable bonds is 8. The van der Waals surface area contributed by atoms with Crippen LogP contribution in [0.15, 0.2) is 99.9 Å². The van der Waals surface area contributed by atoms with E-state index in [2.05, 4.69) is 4.99 Å². The number of hydrogen-bond donors (Lipinski definition) is 0. The molecule has 5 rings (SSSR count). The average Bonchev–Trinajstić information content (AvgIpc) is 3.26. The van der Waals surface area contributed by atoms with E-state index in [1.165, 1.54) is 11.3 Å². The molecule has 1 atom stereocenters. The molecule has 8 heteroatoms. The van der Waals surface area contributed by atoms with E-state index in [9.17, 15) is 9.59 Å². The Labute approximate surface area is 229 Å². The summed E-state index contributed by atoms with van der Waals surface area (Å²) in [6, 6.07) is 24.2. The van der Waals surface area contributed by atoms with Crippen molar-refractivity contribution >= 4 is 23.4 Å². The molecule has 0 N–H and O–H groups in total. The van der Waals surface area contributed by atoms with E-state index >= 15 is 0 Å². The van der Waals surface area contributed by atoms with Gasteiger partial charge in [0.1, 0.15) is 18.1 Å². The predicted molar refractivity (Wildman–Crippen MR) is 151 cm³/mol. The Bertz CT molecular complexity index is 1700. The Morgan fingerprint density at radius 1 is 1.03 bits per heavy atom. The summed E-state index contributed by atoms with van der Waals surface area (Å²) in [5, 5.41) is 0. The van der Waals surface area contributed by atoms with Crippen LogP contribution < -0.4 is 24.4 Å². The first-order valence-corrected chi connectivity index (χ1v) is 13.4. The first-order chi connectivity index (χ1) is 19.0. The lowest BCUT2D eigenvalue weighted by molar-refractivity contribution is -0.139. The highest BCUT2D eigenvalue weighted by atomic mass is 32.1. The van der Waals surface area contributed by atoms with Gasteiger partial charge in [0, 0.05) is 5.56 Å². The van der Waals surface area contributed by atoms with Gasteiger partial charge in [-0.2, -0.15) is 0 Å². The van der Waals surface area contributed by atoms with Gasteiger partial charge in [0.15, 0.2) is 4.80 Å². The van der Waals surface area contributed by atoms with Crippen LogP contribution in [0.4, 0.5) is 0 Å². The highest BCUT2D eigenvalue weighted by Crippen LogP contribution is 2.31. The summed E-state index contributed by atoms with van der Waals surface area (Å²) in [7, 11) is 1.59. The number of thiazole rings is 1. The monoisotopic (exact) mass is 540 g/mol. The van der Waals surface area contributed by atoms with E-state index in [1.807, 2.05) is 84.9 Å². The molecule has 2 heterocycles. The number of nitrogens with zero attached hydrogens (tertiary/aromatic N) is 2. The van der Waals surface area contributed by atoms with Crippen LogP contribution in [0, 0.1) is 0 Å². The van der Waals surface area contributed by atoms with Gasteiger partial charge in [-0.25, -0.2) is 9.79 Å². The van der Waals surface area contributed by atoms with Crippen LogP contribution in [0.25, 0.3) is 6.08 Å². The molecule has 1 aliphatic heterocycles. The van der Waals surface area contributed by atoms with Crippen LogP contribution in [-0.2, 0) is 16.1 Å². The van der Waals surface area contributed by atoms with Crippen molar-refractivity contribution in [3.63, 3.8) is 0 Å². The van der Waals surface area contributed by atoms with E-state index < -0.39 is 12.0 Å². The predicted octanol–water partition coefficient (Wildman–Crippen LogP) is 4.39. The smallest absolute Gasteiger partial charge is 0.338 e. The molecule has 0 saturated carbocycles. The second-order valence-corrected chi connectivity index (χ2v) is 9.90. The second kappa shape index (κ2) is 11.5. The third-order valence-corrected chi connectivity index (χ3v) is 7.37. The molecule has 3 aromatic carbocycles. The number of aromatic nitrogens is 1. The fraction of sp³-hybridized carbons (Fsp3) is 0.194. The highest BCUT2D eigenvalue weighted by molar-refractivity contribution is 7.07. The van der Waals surface area contributed by atoms with E-state index in [0.717, 1.165) is 16.7 Å². The number of methoxy groups -OCH3 is 1. The van der Waals surface area contributed by atoms with Crippen LogP contribution in [0.2, 0.25) is 0 Å². The maximum absolute atomic E-state index is 13.9. The van der Waals surface area contributed by atoms with Crippen LogP contribution >= 0.6 is 11.3 Å². The zero-order chi connectivity index (χ0) is 27.4. The van der Waals surface area contributed by atoms with E-state index in [0.29, 0.717) is 38.7 Å². The molecular formula is C31H28N2O5S. The lowest BCUT2D eigenvalue weighted by Gasteiger charge is -2.24. The summed E-state index contributed by atoms with van der Waals surface area (Å²) < 4.78 is 18.8. The SMILES string of the molecule is CCOC(=O)C1=C(C)N=c2s/c(=C\c3ccccc3OCc3ccccc3)c(=O)n2[C@H]1c1ccc(OC)cc1. The van der Waals surface area contributed by atoms with Crippen LogP contribution in [0.1, 0.15) is 36.6 Å². The number of allylic oxidation sites excluding steroid dienone is 1. The Morgan fingerprint density at radius 3 is 2.46 bits per heavy atom. The van der Waals surface area contributed by atoms with Crippen molar-refractivity contribution in [2.24, 2.45) is 4.99 Å². The Morgan fingerprint density at radius 2 is 1.74 bits per heavy atom. The van der Waals surface area contributed by atoms with Gasteiger partial charge in [-0.1, -0.05) is 72.0 Å². The van der Waals surface area contributed by atoms with Crippen molar-refractivity contribution in [3.05, 3.63) is 127 Å². The molecule has 0 radical (unpaired) electrons. The maximum Gasteiger partial charge on any atom is 0.338 e. The molecule has 7 nitrogen and oxygen atoms in total. The summed E-state index contributed by atoms with van der Waals surface area (Å²) in [6.07, 6.45) is 1.82. The molecule has 0 spiro atoms. The minimum absolute atomic E-state index is 0.217. The van der Waals surface area contributed by atoms with E-state index in [-0.39, 0.29) is 12.2 Å². The molecule has 1 aliphatic rings. The minimum Gasteiger partial charge on any atom is -0.497 e. The zero-order valence-electron chi connectivity index (χ0n) is 21.9. The van der Waals surface area contributed by atoms with Gasteiger partial charge in [0.25, 0.3) is 5.56 Å². The number of para-hydroxylation sites is 1. The van der Waals surface area contributed by atoms with Gasteiger partial charge >= 0.3 is 5.97 Å². The summed E-state index contributed by atoms with van der Waals surface area (Å²) in [4.78, 5) is 32.1. The summed E-state index contributed by atoms with van der Waals surface area (Å²) in [6.45, 7) is 4.15. The number of fused-ring (bicyclic) bond motifs is 1. The third kappa shape index (κ3) is 5.42. The number of carbonyl (C=O) groups excluding carboxylic acids is 1. The van der Waals surface area contributed by atoms with Gasteiger partial charge in [0.05, 0.1) is 35.6 Å². The first-order valence-electron chi connectivity index (χ1n) is 12.6. The average molecular weight is 541 g/mol. The van der Waals surface area contributed by atoms with Crippen molar-refractivity contribution in [2.75, 3.05) is 13.7 Å². The lowest BCUT2D eigenvalue weighted by atomic mass is 9.96. The van der Waals surface area contributed by atoms with Crippen molar-refractivity contribution < 1.29 is 19.0 Å². The van der Waals surface area contributed by atoms with E-state index in [4.69, 9.17) is 14.2 Å². The molecule has 4 aromatic rings. The molecule has 0 aliphatic carbocycles. The largest absolute Gasteiger partial charge is 0.497 e. The Balaban J connectivity index is 1.60. The quantitative estimate of drug-likeness (QED) is 0.310. The number of hydrogen-bond acceptors (Lipinski definition) is 7. The summed E-state index contributed by atoms with van der Waals surface area (Å²) in [5.41, 5.74) is 3.20. The Kier molecular flexibility index (Phi) is 7.74. The molecule has 198 valence electrons. The minimum atomic E-state index is -0.682. The third-order valence-electron chi connectivity index (χ3n) is 6.39. The van der Waals surface area contributed by atoms with Crippen molar-refractivity contribution in [3.8, 4) is 11.5 Å². The van der Waals surface area contributed by atoms with Crippen LogP contribution in [0.5, 0.6) is 11.5 Å². The van der Waals surface area contributed by atoms with Gasteiger partial charge in [-0.3, -0.25) is 9.36 Å². The zero-order valence-corrected chi connectivity index (χ0v) is 22.7. The summed E-state index contributed by atoms with van der Waals surface area (Å²) >= 11 is 1.28. The fourth-order valence-electron chi connectivity index (χ4n) is 4.50. The Hall–Kier alpha value is -4.43. The van der Waals surface area contributed by atoms with Gasteiger partial charge in [-0.15, -0.1) is 0 Å². The highest BCUT2D eigenvalue weighted by Gasteiger charge is 2.33. The fourth-order valence-corrected chi connectivity index (χ4v) is 5.54. The summed E-state index contributed by atoms with van der Waals surface area (Å²) in [5.74, 6) is 0.854. The number of ether oxygens (including phenoxy) is 3. The van der Waals surface area contributed by atoms with Crippen molar-refractivity contribution in [2.45, 2.75) is 26.5 Å². The number of esters is 1. The van der Waals surface area contributed by atoms with Crippen molar-refractivity contribution in [1.29, 1.82) is 0 Å². The van der Waals surface area contributed by atoms with Crippen molar-refractivity contribution in [1.82, 2.24) is 4.57 Å². The number of benzene rings is 3. The molecule has 0 saturated heterocycles. The van der Waals surface area contributed by atoms with Gasteiger partial charge < -0.3 is 14.2 Å². The lowest BCUT2D eigenvalue weighted by Crippen LogP contribution is -2.39. The molecule has 0 amide bonds. The molecule has 0 fully saturated rings. The number of carbonyl (C=O) groups is 1. The molecule has 0 unspecified atom stereocenters. The maximum atomic E-state index is 13.9. The van der Waals surface area contributed by atoms with Crippen LogP contribution in [-0.4, -0.2) is 24.3 Å². The molecule has 39 heavy (non-hydrogen) atoms. The van der Waals surface area contributed by atoms with Gasteiger partial charge in [0.2, 0.25) is 0 Å².